The van der Waals surface area contributed by atoms with E-state index in [0.29, 0.717) is 23.4 Å². The van der Waals surface area contributed by atoms with Crippen molar-refractivity contribution in [2.24, 2.45) is 5.92 Å². The van der Waals surface area contributed by atoms with Crippen LogP contribution >= 0.6 is 11.8 Å². The number of hydrogen-bond donors (Lipinski definition) is 1. The molecule has 3 nitrogen and oxygen atoms in total. The second-order valence-corrected chi connectivity index (χ2v) is 6.84. The maximum atomic E-state index is 11.2. The summed E-state index contributed by atoms with van der Waals surface area (Å²) in [5.41, 5.74) is 0. The Balaban J connectivity index is 1.79. The van der Waals surface area contributed by atoms with Crippen LogP contribution < -0.4 is 0 Å². The highest BCUT2D eigenvalue weighted by Gasteiger charge is 2.52. The van der Waals surface area contributed by atoms with Gasteiger partial charge >= 0.3 is 5.97 Å². The number of fused-ring (bicyclic) bond motifs is 2. The Hall–Kier alpha value is -0.220. The summed E-state index contributed by atoms with van der Waals surface area (Å²) in [6.45, 7) is 2.30. The fourth-order valence-electron chi connectivity index (χ4n) is 3.92. The van der Waals surface area contributed by atoms with E-state index in [-0.39, 0.29) is 5.92 Å². The van der Waals surface area contributed by atoms with Crippen molar-refractivity contribution < 1.29 is 9.90 Å². The predicted octanol–water partition coefficient (Wildman–Crippen LogP) is 1.82. The van der Waals surface area contributed by atoms with Gasteiger partial charge in [0.1, 0.15) is 0 Å². The van der Waals surface area contributed by atoms with Gasteiger partial charge in [0, 0.05) is 23.4 Å². The molecular formula is C12H19NO2S. The molecule has 16 heavy (non-hydrogen) atoms. The fourth-order valence-corrected chi connectivity index (χ4v) is 5.17. The van der Waals surface area contributed by atoms with Gasteiger partial charge in [-0.15, -0.1) is 0 Å². The van der Waals surface area contributed by atoms with E-state index in [1.165, 1.54) is 18.6 Å². The number of aliphatic carboxylic acids is 1. The predicted molar refractivity (Wildman–Crippen MR) is 64.7 cm³/mol. The van der Waals surface area contributed by atoms with Gasteiger partial charge < -0.3 is 5.11 Å². The van der Waals surface area contributed by atoms with Crippen LogP contribution in [0.4, 0.5) is 0 Å². The molecule has 0 aromatic rings. The second kappa shape index (κ2) is 3.91. The first-order valence-corrected chi connectivity index (χ1v) is 7.35. The van der Waals surface area contributed by atoms with E-state index in [9.17, 15) is 9.90 Å². The van der Waals surface area contributed by atoms with Gasteiger partial charge in [-0.3, -0.25) is 9.69 Å². The molecule has 0 amide bonds. The first-order chi connectivity index (χ1) is 7.68. The van der Waals surface area contributed by atoms with Crippen LogP contribution in [-0.4, -0.2) is 45.1 Å². The average molecular weight is 241 g/mol. The number of hydrogen-bond acceptors (Lipinski definition) is 3. The molecule has 2 bridgehead atoms. The van der Waals surface area contributed by atoms with E-state index in [1.54, 1.807) is 0 Å². The number of carboxylic acid groups (broad SMARTS) is 1. The second-order valence-electron chi connectivity index (χ2n) is 5.36. The molecule has 0 aromatic heterocycles. The minimum absolute atomic E-state index is 0.0865. The maximum absolute atomic E-state index is 11.2. The third kappa shape index (κ3) is 1.50. The molecular weight excluding hydrogens is 222 g/mol. The summed E-state index contributed by atoms with van der Waals surface area (Å²) in [7, 11) is 0. The normalized spacial score (nSPS) is 47.7. The van der Waals surface area contributed by atoms with E-state index in [1.807, 2.05) is 11.8 Å². The molecule has 3 saturated heterocycles. The van der Waals surface area contributed by atoms with Gasteiger partial charge in [0.2, 0.25) is 0 Å². The van der Waals surface area contributed by atoms with Gasteiger partial charge in [0.15, 0.2) is 0 Å². The van der Waals surface area contributed by atoms with Gasteiger partial charge in [-0.25, -0.2) is 0 Å². The minimum Gasteiger partial charge on any atom is -0.481 e. The molecule has 3 heterocycles. The van der Waals surface area contributed by atoms with Gasteiger partial charge in [-0.1, -0.05) is 6.92 Å². The van der Waals surface area contributed by atoms with Crippen LogP contribution in [0.5, 0.6) is 0 Å². The van der Waals surface area contributed by atoms with Crippen molar-refractivity contribution in [3.8, 4) is 0 Å². The maximum Gasteiger partial charge on any atom is 0.308 e. The SMILES string of the molecule is CC1SCCC1N1C2CCC1C(C(=O)O)C2. The summed E-state index contributed by atoms with van der Waals surface area (Å²) in [5, 5.41) is 9.92. The molecule has 0 spiro atoms. The molecule has 1 N–H and O–H groups in total. The molecule has 3 fully saturated rings. The van der Waals surface area contributed by atoms with E-state index < -0.39 is 5.97 Å². The largest absolute Gasteiger partial charge is 0.481 e. The lowest BCUT2D eigenvalue weighted by atomic mass is 9.89. The van der Waals surface area contributed by atoms with Crippen LogP contribution in [0.1, 0.15) is 32.6 Å². The molecule has 5 unspecified atom stereocenters. The van der Waals surface area contributed by atoms with Gasteiger partial charge in [0.25, 0.3) is 0 Å². The first-order valence-electron chi connectivity index (χ1n) is 6.30. The lowest BCUT2D eigenvalue weighted by Gasteiger charge is -2.31. The van der Waals surface area contributed by atoms with E-state index in [4.69, 9.17) is 0 Å². The Bertz CT molecular complexity index is 309. The molecule has 0 saturated carbocycles. The molecule has 3 rings (SSSR count). The van der Waals surface area contributed by atoms with Crippen molar-refractivity contribution in [1.29, 1.82) is 0 Å². The highest BCUT2D eigenvalue weighted by Crippen LogP contribution is 2.46. The number of carbonyl (C=O) groups is 1. The zero-order chi connectivity index (χ0) is 11.3. The van der Waals surface area contributed by atoms with Crippen LogP contribution in [0.3, 0.4) is 0 Å². The van der Waals surface area contributed by atoms with Crippen LogP contribution in [0.2, 0.25) is 0 Å². The summed E-state index contributed by atoms with van der Waals surface area (Å²) < 4.78 is 0. The summed E-state index contributed by atoms with van der Waals surface area (Å²) in [5.74, 6) is 0.589. The first kappa shape index (κ1) is 10.9. The molecule has 5 atom stereocenters. The lowest BCUT2D eigenvalue weighted by molar-refractivity contribution is -0.142. The monoisotopic (exact) mass is 241 g/mol. The van der Waals surface area contributed by atoms with Crippen molar-refractivity contribution in [2.45, 2.75) is 56.0 Å². The topological polar surface area (TPSA) is 40.5 Å². The Labute approximate surface area is 101 Å². The fraction of sp³-hybridized carbons (Fsp3) is 0.917. The Morgan fingerprint density at radius 2 is 2.12 bits per heavy atom. The van der Waals surface area contributed by atoms with E-state index in [0.717, 1.165) is 12.8 Å². The highest BCUT2D eigenvalue weighted by molar-refractivity contribution is 8.00. The van der Waals surface area contributed by atoms with Gasteiger partial charge in [0.05, 0.1) is 5.92 Å². The Kier molecular flexibility index (Phi) is 2.67. The molecule has 0 aromatic carbocycles. The highest BCUT2D eigenvalue weighted by atomic mass is 32.2. The van der Waals surface area contributed by atoms with Crippen LogP contribution in [0.25, 0.3) is 0 Å². The summed E-state index contributed by atoms with van der Waals surface area (Å²) in [4.78, 5) is 13.8. The third-order valence-electron chi connectivity index (χ3n) is 4.63. The molecule has 0 aliphatic carbocycles. The summed E-state index contributed by atoms with van der Waals surface area (Å²) >= 11 is 2.04. The summed E-state index contributed by atoms with van der Waals surface area (Å²) in [6.07, 6.45) is 4.48. The van der Waals surface area contributed by atoms with Crippen LogP contribution in [0.15, 0.2) is 0 Å². The van der Waals surface area contributed by atoms with Crippen LogP contribution in [-0.2, 0) is 4.79 Å². The molecule has 3 aliphatic rings. The summed E-state index contributed by atoms with van der Waals surface area (Å²) in [6, 6.07) is 1.55. The van der Waals surface area contributed by atoms with Crippen LogP contribution in [0, 0.1) is 5.92 Å². The number of nitrogens with zero attached hydrogens (tertiary/aromatic N) is 1. The average Bonchev–Trinajstić information content (AvgIpc) is 2.90. The smallest absolute Gasteiger partial charge is 0.308 e. The lowest BCUT2D eigenvalue weighted by Crippen LogP contribution is -2.43. The van der Waals surface area contributed by atoms with Gasteiger partial charge in [-0.2, -0.15) is 11.8 Å². The quantitative estimate of drug-likeness (QED) is 0.800. The Morgan fingerprint density at radius 3 is 2.69 bits per heavy atom. The third-order valence-corrected chi connectivity index (χ3v) is 5.94. The molecule has 4 heteroatoms. The number of rotatable bonds is 2. The van der Waals surface area contributed by atoms with E-state index >= 15 is 0 Å². The minimum atomic E-state index is -0.574. The molecule has 90 valence electrons. The standard InChI is InChI=1S/C12H19NO2S/c1-7-10(4-5-16-7)13-8-2-3-11(13)9(6-8)12(14)15/h7-11H,2-6H2,1H3,(H,14,15). The van der Waals surface area contributed by atoms with Crippen molar-refractivity contribution in [3.05, 3.63) is 0 Å². The number of carboxylic acids is 1. The van der Waals surface area contributed by atoms with E-state index in [2.05, 4.69) is 11.8 Å². The zero-order valence-electron chi connectivity index (χ0n) is 9.63. The zero-order valence-corrected chi connectivity index (χ0v) is 10.4. The number of thioether (sulfide) groups is 1. The van der Waals surface area contributed by atoms with Gasteiger partial charge in [-0.05, 0) is 31.4 Å². The Morgan fingerprint density at radius 1 is 1.31 bits per heavy atom. The molecule has 0 radical (unpaired) electrons. The van der Waals surface area contributed by atoms with Crippen molar-refractivity contribution in [3.63, 3.8) is 0 Å². The molecule has 3 aliphatic heterocycles. The van der Waals surface area contributed by atoms with Crippen molar-refractivity contribution in [2.75, 3.05) is 5.75 Å². The van der Waals surface area contributed by atoms with Crippen molar-refractivity contribution >= 4 is 17.7 Å². The van der Waals surface area contributed by atoms with Crippen molar-refractivity contribution in [1.82, 2.24) is 4.90 Å².